The van der Waals surface area contributed by atoms with Crippen LogP contribution in [0.3, 0.4) is 0 Å². The first-order valence-electron chi connectivity index (χ1n) is 12.5. The molecule has 0 saturated carbocycles. The second-order valence-electron chi connectivity index (χ2n) is 9.39. The number of aromatic nitrogens is 3. The van der Waals surface area contributed by atoms with Gasteiger partial charge in [-0.15, -0.1) is 0 Å². The first-order chi connectivity index (χ1) is 18.3. The molecule has 4 heterocycles. The molecule has 38 heavy (non-hydrogen) atoms. The number of amides is 2. The third-order valence-corrected chi connectivity index (χ3v) is 7.05. The van der Waals surface area contributed by atoms with E-state index in [2.05, 4.69) is 37.5 Å². The number of likely N-dealkylation sites (N-methyl/N-ethyl adjacent to an activating group) is 1. The lowest BCUT2D eigenvalue weighted by Gasteiger charge is -2.38. The van der Waals surface area contributed by atoms with Crippen LogP contribution >= 0.6 is 11.6 Å². The van der Waals surface area contributed by atoms with Gasteiger partial charge in [0, 0.05) is 30.7 Å². The Morgan fingerprint density at radius 1 is 1.37 bits per heavy atom. The topological polar surface area (TPSA) is 146 Å². The van der Waals surface area contributed by atoms with Crippen molar-refractivity contribution in [2.24, 2.45) is 0 Å². The van der Waals surface area contributed by atoms with E-state index in [0.29, 0.717) is 47.1 Å². The third kappa shape index (κ3) is 5.28. The number of likely N-dealkylation sites (tertiary alicyclic amines) is 1. The molecule has 1 aromatic carbocycles. The Bertz CT molecular complexity index is 1380. The Labute approximate surface area is 224 Å². The quantitative estimate of drug-likeness (QED) is 0.382. The van der Waals surface area contributed by atoms with Gasteiger partial charge in [0.2, 0.25) is 5.91 Å². The van der Waals surface area contributed by atoms with E-state index in [-0.39, 0.29) is 23.8 Å². The van der Waals surface area contributed by atoms with E-state index in [1.165, 1.54) is 6.33 Å². The molecule has 2 amide bonds. The van der Waals surface area contributed by atoms with Gasteiger partial charge in [-0.25, -0.2) is 15.4 Å². The number of piperidine rings is 1. The molecule has 0 radical (unpaired) electrons. The lowest BCUT2D eigenvalue weighted by atomic mass is 10.0. The van der Waals surface area contributed by atoms with Crippen LogP contribution in [0, 0.1) is 0 Å². The molecule has 1 unspecified atom stereocenters. The molecular formula is C25H30ClN9O3. The Hall–Kier alpha value is -3.74. The van der Waals surface area contributed by atoms with Gasteiger partial charge in [-0.1, -0.05) is 24.6 Å². The summed E-state index contributed by atoms with van der Waals surface area (Å²) in [5.74, 6) is 0.244. The maximum Gasteiger partial charge on any atom is 0.302 e. The summed E-state index contributed by atoms with van der Waals surface area (Å²) in [6.07, 6.45) is 6.50. The zero-order valence-corrected chi connectivity index (χ0v) is 22.0. The van der Waals surface area contributed by atoms with Gasteiger partial charge in [-0.3, -0.25) is 19.9 Å². The Morgan fingerprint density at radius 2 is 2.21 bits per heavy atom. The van der Waals surface area contributed by atoms with Gasteiger partial charge in [0.15, 0.2) is 11.4 Å². The highest BCUT2D eigenvalue weighted by molar-refractivity contribution is 6.31. The van der Waals surface area contributed by atoms with Crippen LogP contribution in [-0.2, 0) is 9.59 Å². The van der Waals surface area contributed by atoms with Crippen molar-refractivity contribution >= 4 is 52.2 Å². The van der Waals surface area contributed by atoms with Crippen molar-refractivity contribution in [3.8, 4) is 0 Å². The highest BCUT2D eigenvalue weighted by atomic mass is 35.5. The number of nitrogens with two attached hydrogens (primary N) is 1. The molecule has 3 aromatic rings. The number of hydrogen-bond acceptors (Lipinski definition) is 10. The molecule has 0 spiro atoms. The van der Waals surface area contributed by atoms with E-state index in [4.69, 9.17) is 21.8 Å². The number of nitrogens with one attached hydrogen (secondary N) is 2. The number of fused-ring (bicyclic) bond motifs is 2. The van der Waals surface area contributed by atoms with Crippen molar-refractivity contribution in [1.29, 1.82) is 0 Å². The predicted molar refractivity (Wildman–Crippen MR) is 144 cm³/mol. The van der Waals surface area contributed by atoms with Crippen molar-refractivity contribution < 1.29 is 14.0 Å². The number of carbonyl (C=O) groups is 2. The number of oxazole rings is 1. The Morgan fingerprint density at radius 3 is 3.03 bits per heavy atom. The van der Waals surface area contributed by atoms with Crippen LogP contribution in [0.2, 0.25) is 5.02 Å². The summed E-state index contributed by atoms with van der Waals surface area (Å²) in [5, 5.41) is 5.05. The molecule has 0 bridgehead atoms. The number of hydrogen-bond donors (Lipinski definition) is 3. The first kappa shape index (κ1) is 25.9. The van der Waals surface area contributed by atoms with Crippen LogP contribution in [0.5, 0.6) is 0 Å². The highest BCUT2D eigenvalue weighted by Gasteiger charge is 2.41. The van der Waals surface area contributed by atoms with Gasteiger partial charge in [-0.2, -0.15) is 4.98 Å². The minimum absolute atomic E-state index is 0.0359. The van der Waals surface area contributed by atoms with Gasteiger partial charge in [0.25, 0.3) is 5.91 Å². The molecule has 4 N–H and O–H groups in total. The number of nitrogens with zero attached hydrogens (tertiary/aromatic N) is 6. The lowest BCUT2D eigenvalue weighted by Crippen LogP contribution is -2.54. The van der Waals surface area contributed by atoms with E-state index >= 15 is 0 Å². The van der Waals surface area contributed by atoms with Crippen LogP contribution in [0.15, 0.2) is 41.1 Å². The largest absolute Gasteiger partial charge is 0.423 e. The SMILES string of the molecule is CCN(C)C/C=C/C(=O)N1CCC[C@@H](N2NC(C(=O)Nc3nc4cc(Cl)ccc4o3)c3c(N)ncnc32)C1. The maximum atomic E-state index is 13.4. The average molecular weight is 540 g/mol. The second kappa shape index (κ2) is 10.9. The molecule has 2 aliphatic rings. The van der Waals surface area contributed by atoms with Gasteiger partial charge < -0.3 is 20.0 Å². The lowest BCUT2D eigenvalue weighted by molar-refractivity contribution is -0.127. The van der Waals surface area contributed by atoms with Crippen LogP contribution in [0.4, 0.5) is 17.7 Å². The van der Waals surface area contributed by atoms with Gasteiger partial charge in [0.05, 0.1) is 11.6 Å². The van der Waals surface area contributed by atoms with Crippen molar-refractivity contribution in [2.75, 3.05) is 49.3 Å². The zero-order valence-electron chi connectivity index (χ0n) is 21.2. The normalized spacial score (nSPS) is 19.5. The summed E-state index contributed by atoms with van der Waals surface area (Å²) in [4.78, 5) is 43.0. The van der Waals surface area contributed by atoms with Gasteiger partial charge >= 0.3 is 6.01 Å². The monoisotopic (exact) mass is 539 g/mol. The summed E-state index contributed by atoms with van der Waals surface area (Å²) in [6, 6.07) is 4.07. The number of rotatable bonds is 7. The Balaban J connectivity index is 1.32. The van der Waals surface area contributed by atoms with Crippen LogP contribution < -0.4 is 21.5 Å². The van der Waals surface area contributed by atoms with Crippen molar-refractivity contribution in [3.05, 3.63) is 47.3 Å². The molecule has 12 nitrogen and oxygen atoms in total. The summed E-state index contributed by atoms with van der Waals surface area (Å²) in [7, 11) is 2.00. The van der Waals surface area contributed by atoms with Crippen molar-refractivity contribution in [1.82, 2.24) is 30.2 Å². The summed E-state index contributed by atoms with van der Waals surface area (Å²) >= 11 is 6.03. The maximum absolute atomic E-state index is 13.4. The molecule has 1 saturated heterocycles. The minimum Gasteiger partial charge on any atom is -0.423 e. The molecule has 200 valence electrons. The number of hydrazine groups is 1. The van der Waals surface area contributed by atoms with Crippen molar-refractivity contribution in [3.63, 3.8) is 0 Å². The summed E-state index contributed by atoms with van der Waals surface area (Å²) < 4.78 is 5.65. The summed E-state index contributed by atoms with van der Waals surface area (Å²) in [6.45, 7) is 4.83. The molecule has 0 aliphatic carbocycles. The molecule has 1 fully saturated rings. The van der Waals surface area contributed by atoms with E-state index < -0.39 is 11.9 Å². The van der Waals surface area contributed by atoms with E-state index in [0.717, 1.165) is 19.4 Å². The number of benzene rings is 1. The Kier molecular flexibility index (Phi) is 7.45. The predicted octanol–water partition coefficient (Wildman–Crippen LogP) is 2.36. The average Bonchev–Trinajstić information content (AvgIpc) is 3.50. The van der Waals surface area contributed by atoms with E-state index in [9.17, 15) is 9.59 Å². The number of halogens is 1. The molecule has 13 heteroatoms. The van der Waals surface area contributed by atoms with E-state index in [1.54, 1.807) is 24.3 Å². The van der Waals surface area contributed by atoms with Gasteiger partial charge in [-0.05, 0) is 44.6 Å². The number of carbonyl (C=O) groups excluding carboxylic acids is 2. The molecular weight excluding hydrogens is 510 g/mol. The smallest absolute Gasteiger partial charge is 0.302 e. The second-order valence-corrected chi connectivity index (χ2v) is 9.82. The summed E-state index contributed by atoms with van der Waals surface area (Å²) in [5.41, 5.74) is 10.9. The zero-order chi connectivity index (χ0) is 26.8. The third-order valence-electron chi connectivity index (χ3n) is 6.81. The van der Waals surface area contributed by atoms with Crippen LogP contribution in [-0.4, -0.2) is 75.8 Å². The fourth-order valence-electron chi connectivity index (χ4n) is 4.67. The number of nitrogen functional groups attached to an aromatic ring is 1. The molecule has 2 aliphatic heterocycles. The standard InChI is InChI=1S/C25H30ClN9O3/c1-3-33(2)10-5-7-19(36)34-11-4-6-16(13-34)35-23-20(22(27)28-14-29-23)21(32-35)24(37)31-25-30-17-12-15(26)8-9-18(17)38-25/h5,7-9,12,14,16,21,32H,3-4,6,10-11,13H2,1-2H3,(H2,27,28,29)(H,30,31,37)/b7-5+/t16-,21?/m1/s1. The van der Waals surface area contributed by atoms with Gasteiger partial charge in [0.1, 0.15) is 23.7 Å². The minimum atomic E-state index is -0.875. The molecule has 2 atom stereocenters. The highest BCUT2D eigenvalue weighted by Crippen LogP contribution is 2.37. The van der Waals surface area contributed by atoms with Crippen LogP contribution in [0.1, 0.15) is 31.4 Å². The fourth-order valence-corrected chi connectivity index (χ4v) is 4.83. The van der Waals surface area contributed by atoms with Crippen molar-refractivity contribution in [2.45, 2.75) is 31.8 Å². The van der Waals surface area contributed by atoms with Crippen LogP contribution in [0.25, 0.3) is 11.1 Å². The first-order valence-corrected chi connectivity index (χ1v) is 12.9. The number of anilines is 3. The molecule has 5 rings (SSSR count). The molecule has 2 aromatic heterocycles. The fraction of sp³-hybridized carbons (Fsp3) is 0.400. The van der Waals surface area contributed by atoms with E-state index in [1.807, 2.05) is 23.0 Å².